The molecule has 0 amide bonds. The molecule has 0 radical (unpaired) electrons. The van der Waals surface area contributed by atoms with Crippen LogP contribution in [0, 0.1) is 5.92 Å². The van der Waals surface area contributed by atoms with Crippen LogP contribution in [-0.2, 0) is 9.53 Å². The Morgan fingerprint density at radius 1 is 1.15 bits per heavy atom. The summed E-state index contributed by atoms with van der Waals surface area (Å²) in [5, 5.41) is -0.177. The Labute approximate surface area is 126 Å². The van der Waals surface area contributed by atoms with Gasteiger partial charge in [0.15, 0.2) is 0 Å². The molecule has 0 aliphatic carbocycles. The monoisotopic (exact) mass is 310 g/mol. The lowest BCUT2D eigenvalue weighted by Gasteiger charge is -2.25. The summed E-state index contributed by atoms with van der Waals surface area (Å²) in [6.07, 6.45) is -0.0193. The Balaban J connectivity index is 4.01. The Kier molecular flexibility index (Phi) is 9.43. The Hall–Kier alpha value is -0.320. The van der Waals surface area contributed by atoms with Crippen LogP contribution in [0.2, 0.25) is 0 Å². The third kappa shape index (κ3) is 10.5. The van der Waals surface area contributed by atoms with Gasteiger partial charge in [-0.25, -0.2) is 8.78 Å². The maximum absolute atomic E-state index is 12.1. The van der Waals surface area contributed by atoms with Gasteiger partial charge in [-0.2, -0.15) is 0 Å². The van der Waals surface area contributed by atoms with Crippen molar-refractivity contribution in [2.24, 2.45) is 5.92 Å². The molecule has 1 unspecified atom stereocenters. The largest absolute Gasteiger partial charge is 0.459 e. The number of ether oxygens (including phenoxy) is 1. The lowest BCUT2D eigenvalue weighted by atomic mass is 10.1. The molecule has 0 aromatic carbocycles. The SMILES string of the molecule is CC(C)C(SCCCCCC(F)F)C(=O)OC(C)(C)C. The van der Waals surface area contributed by atoms with Gasteiger partial charge in [-0.1, -0.05) is 20.3 Å². The summed E-state index contributed by atoms with van der Waals surface area (Å²) in [6.45, 7) is 9.57. The highest BCUT2D eigenvalue weighted by Gasteiger charge is 2.27. The summed E-state index contributed by atoms with van der Waals surface area (Å²) < 4.78 is 29.4. The summed E-state index contributed by atoms with van der Waals surface area (Å²) in [7, 11) is 0. The first-order valence-corrected chi connectivity index (χ1v) is 8.31. The quantitative estimate of drug-likeness (QED) is 0.447. The number of carbonyl (C=O) groups excluding carboxylic acids is 1. The number of halogens is 2. The number of rotatable bonds is 9. The predicted octanol–water partition coefficient (Wildman–Crippen LogP) is 4.91. The summed E-state index contributed by atoms with van der Waals surface area (Å²) >= 11 is 1.58. The van der Waals surface area contributed by atoms with Gasteiger partial charge in [-0.3, -0.25) is 4.79 Å². The van der Waals surface area contributed by atoms with Gasteiger partial charge in [-0.05, 0) is 45.3 Å². The molecule has 0 fully saturated rings. The zero-order valence-corrected chi connectivity index (χ0v) is 14.1. The Morgan fingerprint density at radius 3 is 2.20 bits per heavy atom. The second kappa shape index (κ2) is 9.59. The number of hydrogen-bond donors (Lipinski definition) is 0. The normalized spacial score (nSPS) is 13.8. The highest BCUT2D eigenvalue weighted by atomic mass is 32.2. The van der Waals surface area contributed by atoms with Gasteiger partial charge in [-0.15, -0.1) is 11.8 Å². The molecule has 0 bridgehead atoms. The van der Waals surface area contributed by atoms with Crippen LogP contribution in [0.5, 0.6) is 0 Å². The molecule has 0 aromatic heterocycles. The van der Waals surface area contributed by atoms with Crippen molar-refractivity contribution >= 4 is 17.7 Å². The first kappa shape index (κ1) is 19.7. The van der Waals surface area contributed by atoms with E-state index in [0.29, 0.717) is 6.42 Å². The average Bonchev–Trinajstić information content (AvgIpc) is 2.24. The fourth-order valence-corrected chi connectivity index (χ4v) is 2.87. The van der Waals surface area contributed by atoms with E-state index in [0.717, 1.165) is 18.6 Å². The first-order valence-electron chi connectivity index (χ1n) is 7.26. The van der Waals surface area contributed by atoms with E-state index >= 15 is 0 Å². The topological polar surface area (TPSA) is 26.3 Å². The van der Waals surface area contributed by atoms with Crippen molar-refractivity contribution in [3.8, 4) is 0 Å². The third-order valence-corrected chi connectivity index (χ3v) is 4.23. The van der Waals surface area contributed by atoms with Crippen molar-refractivity contribution in [1.29, 1.82) is 0 Å². The van der Waals surface area contributed by atoms with Crippen LogP contribution in [0.25, 0.3) is 0 Å². The maximum atomic E-state index is 12.1. The molecule has 0 saturated carbocycles. The molecule has 0 N–H and O–H groups in total. The second-order valence-corrected chi connectivity index (χ2v) is 7.56. The van der Waals surface area contributed by atoms with Crippen LogP contribution in [-0.4, -0.2) is 29.0 Å². The third-order valence-electron chi connectivity index (χ3n) is 2.61. The predicted molar refractivity (Wildman–Crippen MR) is 81.4 cm³/mol. The number of carbonyl (C=O) groups is 1. The van der Waals surface area contributed by atoms with Gasteiger partial charge in [0.05, 0.1) is 0 Å². The number of thioether (sulfide) groups is 1. The average molecular weight is 310 g/mol. The second-order valence-electron chi connectivity index (χ2n) is 6.31. The molecular formula is C15H28F2O2S. The van der Waals surface area contributed by atoms with Crippen molar-refractivity contribution in [3.63, 3.8) is 0 Å². The summed E-state index contributed by atoms with van der Waals surface area (Å²) in [6, 6.07) is 0. The number of unbranched alkanes of at least 4 members (excludes halogenated alkanes) is 2. The molecule has 20 heavy (non-hydrogen) atoms. The van der Waals surface area contributed by atoms with E-state index in [1.165, 1.54) is 0 Å². The fourth-order valence-electron chi connectivity index (χ4n) is 1.68. The lowest BCUT2D eigenvalue weighted by Crippen LogP contribution is -2.33. The molecule has 120 valence electrons. The van der Waals surface area contributed by atoms with Crippen molar-refractivity contribution < 1.29 is 18.3 Å². The van der Waals surface area contributed by atoms with Gasteiger partial charge >= 0.3 is 5.97 Å². The molecule has 0 rings (SSSR count). The Bertz CT molecular complexity index is 276. The molecule has 2 nitrogen and oxygen atoms in total. The van der Waals surface area contributed by atoms with Gasteiger partial charge in [0.2, 0.25) is 6.43 Å². The standard InChI is InChI=1S/C15H28F2O2S/c1-11(2)13(14(18)19-15(3,4)5)20-10-8-6-7-9-12(16)17/h11-13H,6-10H2,1-5H3. The van der Waals surface area contributed by atoms with Gasteiger partial charge in [0, 0.05) is 6.42 Å². The van der Waals surface area contributed by atoms with Crippen molar-refractivity contribution in [3.05, 3.63) is 0 Å². The Morgan fingerprint density at radius 2 is 1.75 bits per heavy atom. The van der Waals surface area contributed by atoms with Crippen molar-refractivity contribution in [2.75, 3.05) is 5.75 Å². The van der Waals surface area contributed by atoms with E-state index in [-0.39, 0.29) is 23.6 Å². The maximum Gasteiger partial charge on any atom is 0.319 e. The minimum atomic E-state index is -2.20. The zero-order valence-electron chi connectivity index (χ0n) is 13.2. The smallest absolute Gasteiger partial charge is 0.319 e. The highest BCUT2D eigenvalue weighted by Crippen LogP contribution is 2.24. The summed E-state index contributed by atoms with van der Waals surface area (Å²) in [5.74, 6) is 0.840. The fraction of sp³-hybridized carbons (Fsp3) is 0.933. The number of alkyl halides is 2. The van der Waals surface area contributed by atoms with Crippen LogP contribution >= 0.6 is 11.8 Å². The van der Waals surface area contributed by atoms with Crippen molar-refractivity contribution in [1.82, 2.24) is 0 Å². The molecule has 0 aromatic rings. The lowest BCUT2D eigenvalue weighted by molar-refractivity contribution is -0.154. The molecule has 0 spiro atoms. The molecular weight excluding hydrogens is 282 g/mol. The van der Waals surface area contributed by atoms with Crippen molar-refractivity contribution in [2.45, 2.75) is 77.6 Å². The molecule has 0 saturated heterocycles. The molecule has 1 atom stereocenters. The minimum absolute atomic E-state index is 0.0235. The van der Waals surface area contributed by atoms with E-state index < -0.39 is 12.0 Å². The van der Waals surface area contributed by atoms with Crippen LogP contribution < -0.4 is 0 Å². The van der Waals surface area contributed by atoms with Crippen LogP contribution in [0.15, 0.2) is 0 Å². The van der Waals surface area contributed by atoms with Gasteiger partial charge in [0.25, 0.3) is 0 Å². The van der Waals surface area contributed by atoms with E-state index in [1.54, 1.807) is 11.8 Å². The van der Waals surface area contributed by atoms with Crippen LogP contribution in [0.3, 0.4) is 0 Å². The van der Waals surface area contributed by atoms with E-state index in [9.17, 15) is 13.6 Å². The number of hydrogen-bond acceptors (Lipinski definition) is 3. The van der Waals surface area contributed by atoms with E-state index in [2.05, 4.69) is 0 Å². The highest BCUT2D eigenvalue weighted by molar-refractivity contribution is 8.00. The summed E-state index contributed by atoms with van der Waals surface area (Å²) in [5.41, 5.74) is -0.470. The minimum Gasteiger partial charge on any atom is -0.459 e. The van der Waals surface area contributed by atoms with E-state index in [1.807, 2.05) is 34.6 Å². The summed E-state index contributed by atoms with van der Waals surface area (Å²) in [4.78, 5) is 12.1. The van der Waals surface area contributed by atoms with Crippen LogP contribution in [0.1, 0.15) is 60.3 Å². The number of esters is 1. The van der Waals surface area contributed by atoms with E-state index in [4.69, 9.17) is 4.74 Å². The first-order chi connectivity index (χ1) is 9.13. The van der Waals surface area contributed by atoms with Gasteiger partial charge in [0.1, 0.15) is 10.9 Å². The zero-order chi connectivity index (χ0) is 15.8. The van der Waals surface area contributed by atoms with Gasteiger partial charge < -0.3 is 4.74 Å². The molecule has 0 heterocycles. The van der Waals surface area contributed by atoms with Crippen LogP contribution in [0.4, 0.5) is 8.78 Å². The molecule has 0 aliphatic rings. The molecule has 5 heteroatoms. The molecule has 0 aliphatic heterocycles.